The van der Waals surface area contributed by atoms with Gasteiger partial charge in [0.2, 0.25) is 0 Å². The molecule has 0 amide bonds. The van der Waals surface area contributed by atoms with Crippen LogP contribution >= 0.6 is 0 Å². The minimum absolute atomic E-state index is 0.0205. The van der Waals surface area contributed by atoms with Crippen LogP contribution in [-0.2, 0) is 8.85 Å². The molecule has 0 fully saturated rings. The third-order valence-electron chi connectivity index (χ3n) is 7.36. The summed E-state index contributed by atoms with van der Waals surface area (Å²) in [6.45, 7) is 23.3. The minimum Gasteiger partial charge on any atom is -0.417 e. The Balaban J connectivity index is 2.30. The van der Waals surface area contributed by atoms with Gasteiger partial charge in [-0.15, -0.1) is 0 Å². The summed E-state index contributed by atoms with van der Waals surface area (Å²) < 4.78 is 13.8. The molecule has 2 rings (SSSR count). The zero-order valence-electron chi connectivity index (χ0n) is 23.4. The molecule has 0 saturated carbocycles. The Morgan fingerprint density at radius 2 is 1.31 bits per heavy atom. The quantitative estimate of drug-likeness (QED) is 0.165. The van der Waals surface area contributed by atoms with E-state index in [9.17, 15) is 0 Å². The van der Waals surface area contributed by atoms with Crippen LogP contribution in [0.5, 0.6) is 0 Å². The average Bonchev–Trinajstić information content (AvgIpc) is 2.79. The van der Waals surface area contributed by atoms with E-state index < -0.39 is 16.6 Å². The molecular weight excluding hydrogens is 461 g/mol. The standard InChI is InChI=1S/C31H48O2Si2/c1-10-11-20-27(21-18-19-26-32-34(8,9)30(2,3)4)33-35(31(5,6)7,28-22-14-12-15-23-28)29-24-16-13-17-25-29/h10-17,20,22-25,27H,1,18-19,21,26H2,2-9H3/b20-11+. The maximum atomic E-state index is 7.35. The first-order chi connectivity index (χ1) is 16.3. The number of hydrogen-bond donors (Lipinski definition) is 0. The molecule has 35 heavy (non-hydrogen) atoms. The Hall–Kier alpha value is -1.73. The minimum atomic E-state index is -2.60. The van der Waals surface area contributed by atoms with Crippen LogP contribution in [0.25, 0.3) is 0 Å². The molecule has 0 N–H and O–H groups in total. The van der Waals surface area contributed by atoms with E-state index in [1.54, 1.807) is 0 Å². The van der Waals surface area contributed by atoms with E-state index in [4.69, 9.17) is 8.85 Å². The van der Waals surface area contributed by atoms with Crippen molar-refractivity contribution in [1.29, 1.82) is 0 Å². The summed E-state index contributed by atoms with van der Waals surface area (Å²) in [5.41, 5.74) is 0. The molecular formula is C31H48O2Si2. The zero-order valence-corrected chi connectivity index (χ0v) is 25.4. The van der Waals surface area contributed by atoms with Crippen LogP contribution in [0, 0.1) is 0 Å². The van der Waals surface area contributed by atoms with Gasteiger partial charge >= 0.3 is 0 Å². The van der Waals surface area contributed by atoms with Crippen molar-refractivity contribution in [2.75, 3.05) is 6.61 Å². The van der Waals surface area contributed by atoms with Crippen LogP contribution in [0.4, 0.5) is 0 Å². The second-order valence-corrected chi connectivity index (χ2v) is 21.1. The van der Waals surface area contributed by atoms with Crippen molar-refractivity contribution in [1.82, 2.24) is 0 Å². The zero-order chi connectivity index (χ0) is 26.2. The topological polar surface area (TPSA) is 18.5 Å². The molecule has 1 unspecified atom stereocenters. The third-order valence-corrected chi connectivity index (χ3v) is 17.0. The Kier molecular flexibility index (Phi) is 10.5. The molecule has 2 nitrogen and oxygen atoms in total. The van der Waals surface area contributed by atoms with Crippen LogP contribution in [0.15, 0.2) is 85.5 Å². The van der Waals surface area contributed by atoms with Crippen LogP contribution in [0.3, 0.4) is 0 Å². The monoisotopic (exact) mass is 508 g/mol. The van der Waals surface area contributed by atoms with Crippen LogP contribution < -0.4 is 10.4 Å². The summed E-state index contributed by atoms with van der Waals surface area (Å²) >= 11 is 0. The van der Waals surface area contributed by atoms with Crippen molar-refractivity contribution >= 4 is 27.0 Å². The lowest BCUT2D eigenvalue weighted by Crippen LogP contribution is -2.67. The van der Waals surface area contributed by atoms with Crippen molar-refractivity contribution in [3.63, 3.8) is 0 Å². The van der Waals surface area contributed by atoms with Crippen LogP contribution in [0.2, 0.25) is 23.2 Å². The van der Waals surface area contributed by atoms with Crippen molar-refractivity contribution in [2.24, 2.45) is 0 Å². The predicted octanol–water partition coefficient (Wildman–Crippen LogP) is 7.87. The van der Waals surface area contributed by atoms with Gasteiger partial charge in [-0.2, -0.15) is 0 Å². The maximum Gasteiger partial charge on any atom is 0.261 e. The maximum absolute atomic E-state index is 7.35. The number of rotatable bonds is 12. The highest BCUT2D eigenvalue weighted by Gasteiger charge is 2.51. The molecule has 0 spiro atoms. The molecule has 0 aliphatic carbocycles. The SMILES string of the molecule is C=C/C=C/C(CCCCO[Si](C)(C)C(C)(C)C)O[Si](c1ccccc1)(c1ccccc1)C(C)(C)C. The molecule has 0 bridgehead atoms. The fourth-order valence-electron chi connectivity index (χ4n) is 4.31. The molecule has 4 heteroatoms. The lowest BCUT2D eigenvalue weighted by Gasteiger charge is -2.45. The Morgan fingerprint density at radius 3 is 1.74 bits per heavy atom. The molecule has 0 saturated heterocycles. The van der Waals surface area contributed by atoms with Gasteiger partial charge in [0.15, 0.2) is 8.32 Å². The van der Waals surface area contributed by atoms with Gasteiger partial charge in [-0.05, 0) is 52.8 Å². The van der Waals surface area contributed by atoms with Gasteiger partial charge in [-0.25, -0.2) is 0 Å². The van der Waals surface area contributed by atoms with Gasteiger partial charge < -0.3 is 8.85 Å². The second-order valence-electron chi connectivity index (χ2n) is 12.0. The van der Waals surface area contributed by atoms with E-state index in [1.165, 1.54) is 10.4 Å². The van der Waals surface area contributed by atoms with E-state index in [0.29, 0.717) is 0 Å². The van der Waals surface area contributed by atoms with Crippen molar-refractivity contribution in [3.05, 3.63) is 85.5 Å². The van der Waals surface area contributed by atoms with Crippen molar-refractivity contribution in [2.45, 2.75) is 90.1 Å². The number of unbranched alkanes of at least 4 members (excludes halogenated alkanes) is 1. The molecule has 0 aromatic heterocycles. The number of hydrogen-bond acceptors (Lipinski definition) is 2. The summed E-state index contributed by atoms with van der Waals surface area (Å²) in [6.07, 6.45) is 9.19. The van der Waals surface area contributed by atoms with Gasteiger partial charge in [0.05, 0.1) is 6.10 Å². The van der Waals surface area contributed by atoms with Gasteiger partial charge in [0.25, 0.3) is 8.32 Å². The molecule has 0 radical (unpaired) electrons. The van der Waals surface area contributed by atoms with Crippen molar-refractivity contribution < 1.29 is 8.85 Å². The van der Waals surface area contributed by atoms with E-state index in [1.807, 2.05) is 12.2 Å². The summed E-state index contributed by atoms with van der Waals surface area (Å²) in [5, 5.41) is 2.84. The smallest absolute Gasteiger partial charge is 0.261 e. The normalized spacial score (nSPS) is 14.3. The molecule has 0 aliphatic rings. The first-order valence-corrected chi connectivity index (χ1v) is 17.9. The highest BCUT2D eigenvalue weighted by molar-refractivity contribution is 6.99. The van der Waals surface area contributed by atoms with Gasteiger partial charge in [-0.1, -0.05) is 127 Å². The second kappa shape index (κ2) is 12.5. The number of allylic oxidation sites excluding steroid dienone is 2. The fraction of sp³-hybridized carbons (Fsp3) is 0.484. The number of benzene rings is 2. The molecule has 1 atom stereocenters. The van der Waals surface area contributed by atoms with E-state index >= 15 is 0 Å². The lowest BCUT2D eigenvalue weighted by atomic mass is 10.1. The summed E-state index contributed by atoms with van der Waals surface area (Å²) in [6, 6.07) is 21.8. The summed E-state index contributed by atoms with van der Waals surface area (Å²) in [5.74, 6) is 0. The average molecular weight is 509 g/mol. The lowest BCUT2D eigenvalue weighted by molar-refractivity contribution is 0.210. The third kappa shape index (κ3) is 7.63. The molecule has 192 valence electrons. The first kappa shape index (κ1) is 29.5. The summed E-state index contributed by atoms with van der Waals surface area (Å²) in [4.78, 5) is 0. The van der Waals surface area contributed by atoms with E-state index in [-0.39, 0.29) is 16.2 Å². The molecule has 2 aromatic carbocycles. The highest BCUT2D eigenvalue weighted by atomic mass is 28.4. The van der Waals surface area contributed by atoms with Gasteiger partial charge in [-0.3, -0.25) is 0 Å². The van der Waals surface area contributed by atoms with Gasteiger partial charge in [0, 0.05) is 6.61 Å². The highest BCUT2D eigenvalue weighted by Crippen LogP contribution is 2.39. The van der Waals surface area contributed by atoms with Crippen LogP contribution in [0.1, 0.15) is 60.8 Å². The summed E-state index contributed by atoms with van der Waals surface area (Å²) in [7, 11) is -4.30. The van der Waals surface area contributed by atoms with Crippen molar-refractivity contribution in [3.8, 4) is 0 Å². The Morgan fingerprint density at radius 1 is 0.800 bits per heavy atom. The predicted molar refractivity (Wildman–Crippen MR) is 159 cm³/mol. The Labute approximate surface area is 217 Å². The molecule has 0 aliphatic heterocycles. The Bertz CT molecular complexity index is 882. The van der Waals surface area contributed by atoms with E-state index in [0.717, 1.165) is 25.9 Å². The fourth-order valence-corrected chi connectivity index (χ4v) is 10.1. The van der Waals surface area contributed by atoms with E-state index in [2.05, 4.69) is 128 Å². The van der Waals surface area contributed by atoms with Gasteiger partial charge in [0.1, 0.15) is 0 Å². The molecule has 0 heterocycles. The van der Waals surface area contributed by atoms with Crippen LogP contribution in [-0.4, -0.2) is 29.3 Å². The first-order valence-electron chi connectivity index (χ1n) is 13.1. The molecule has 2 aromatic rings. The largest absolute Gasteiger partial charge is 0.417 e.